The van der Waals surface area contributed by atoms with E-state index in [0.717, 1.165) is 64.2 Å². The number of rotatable bonds is 29. The summed E-state index contributed by atoms with van der Waals surface area (Å²) in [6, 6.07) is -1.10. The second-order valence-corrected chi connectivity index (χ2v) is 12.9. The van der Waals surface area contributed by atoms with Gasteiger partial charge in [-0.2, -0.15) is 8.42 Å². The average Bonchev–Trinajstić information content (AvgIpc) is 2.98. The standard InChI is InChI=1S/C37H63NO5S/c1-3-5-7-9-11-13-15-17-18-19-21-22-24-26-28-30-32-36(39)35(34-44(41,42)43)38-37(40)33-31-29-27-25-23-20-16-14-12-10-8-6-4-2/h6,8,12,14,17-18,20,22-24,30,32,35-36,39H,3-5,7,9-11,13,15-16,19,21,25-29,31,33-34H2,1-2H3,(H,38,40)(H,41,42,43)/b8-6-,14-12-,18-17+,23-20-,24-22+,32-30+. The molecule has 1 amide bonds. The smallest absolute Gasteiger partial charge is 0.267 e. The van der Waals surface area contributed by atoms with E-state index in [-0.39, 0.29) is 12.3 Å². The van der Waals surface area contributed by atoms with Gasteiger partial charge >= 0.3 is 0 Å². The topological polar surface area (TPSA) is 104 Å². The molecular weight excluding hydrogens is 570 g/mol. The molecule has 44 heavy (non-hydrogen) atoms. The minimum atomic E-state index is -4.36. The van der Waals surface area contributed by atoms with E-state index in [2.05, 4.69) is 79.9 Å². The van der Waals surface area contributed by atoms with Gasteiger partial charge in [-0.3, -0.25) is 9.35 Å². The lowest BCUT2D eigenvalue weighted by Gasteiger charge is -2.21. The number of aliphatic hydroxyl groups excluding tert-OH is 1. The van der Waals surface area contributed by atoms with Gasteiger partial charge in [0.15, 0.2) is 0 Å². The normalized spacial score (nSPS) is 14.4. The van der Waals surface area contributed by atoms with E-state index in [1.165, 1.54) is 44.6 Å². The molecule has 0 spiro atoms. The van der Waals surface area contributed by atoms with Crippen molar-refractivity contribution in [3.8, 4) is 0 Å². The molecule has 0 saturated heterocycles. The Morgan fingerprint density at radius 1 is 0.636 bits per heavy atom. The summed E-state index contributed by atoms with van der Waals surface area (Å²) in [5, 5.41) is 13.1. The number of hydrogen-bond donors (Lipinski definition) is 3. The molecule has 0 radical (unpaired) electrons. The van der Waals surface area contributed by atoms with Gasteiger partial charge in [-0.15, -0.1) is 0 Å². The number of carbonyl (C=O) groups excluding carboxylic acids is 1. The van der Waals surface area contributed by atoms with Crippen molar-refractivity contribution in [3.63, 3.8) is 0 Å². The fourth-order valence-corrected chi connectivity index (χ4v) is 5.29. The van der Waals surface area contributed by atoms with Crippen LogP contribution >= 0.6 is 0 Å². The molecular formula is C37H63NO5S. The highest BCUT2D eigenvalue weighted by Crippen LogP contribution is 2.09. The van der Waals surface area contributed by atoms with E-state index in [4.69, 9.17) is 0 Å². The summed E-state index contributed by atoms with van der Waals surface area (Å²) in [5.74, 6) is -1.06. The third kappa shape index (κ3) is 31.2. The minimum Gasteiger partial charge on any atom is -0.387 e. The molecule has 252 valence electrons. The van der Waals surface area contributed by atoms with E-state index in [9.17, 15) is 22.9 Å². The SMILES string of the molecule is CC/C=C\C/C=C\C/C=C\CCCCCC(=O)NC(CS(=O)(=O)O)C(O)/C=C/CC/C=C/CC/C=C/CCCCCCCC. The number of hydrogen-bond acceptors (Lipinski definition) is 4. The zero-order valence-electron chi connectivity index (χ0n) is 27.8. The number of aliphatic hydroxyl groups is 1. The molecule has 0 aliphatic heterocycles. The van der Waals surface area contributed by atoms with Gasteiger partial charge in [-0.1, -0.05) is 125 Å². The fraction of sp³-hybridized carbons (Fsp3) is 0.649. The van der Waals surface area contributed by atoms with Crippen molar-refractivity contribution in [2.75, 3.05) is 5.75 Å². The van der Waals surface area contributed by atoms with Crippen LogP contribution < -0.4 is 5.32 Å². The molecule has 0 aliphatic carbocycles. The maximum atomic E-state index is 12.4. The second-order valence-electron chi connectivity index (χ2n) is 11.4. The van der Waals surface area contributed by atoms with Gasteiger partial charge in [0.1, 0.15) is 0 Å². The van der Waals surface area contributed by atoms with Gasteiger partial charge in [0.25, 0.3) is 10.1 Å². The van der Waals surface area contributed by atoms with Crippen LogP contribution in [0.15, 0.2) is 72.9 Å². The highest BCUT2D eigenvalue weighted by molar-refractivity contribution is 7.85. The lowest BCUT2D eigenvalue weighted by molar-refractivity contribution is -0.122. The first kappa shape index (κ1) is 41.8. The van der Waals surface area contributed by atoms with Crippen LogP contribution in [-0.2, 0) is 14.9 Å². The molecule has 6 nitrogen and oxygen atoms in total. The van der Waals surface area contributed by atoms with Crippen molar-refractivity contribution < 1.29 is 22.9 Å². The number of carbonyl (C=O) groups is 1. The predicted octanol–water partition coefficient (Wildman–Crippen LogP) is 9.51. The van der Waals surface area contributed by atoms with E-state index in [1.54, 1.807) is 6.08 Å². The Hall–Kier alpha value is -2.22. The third-order valence-electron chi connectivity index (χ3n) is 7.09. The second kappa shape index (κ2) is 30.8. The summed E-state index contributed by atoms with van der Waals surface area (Å²) in [7, 11) is -4.36. The van der Waals surface area contributed by atoms with Gasteiger partial charge in [0.2, 0.25) is 5.91 Å². The van der Waals surface area contributed by atoms with Crippen LogP contribution in [0.1, 0.15) is 136 Å². The minimum absolute atomic E-state index is 0.245. The van der Waals surface area contributed by atoms with Gasteiger partial charge in [0, 0.05) is 6.42 Å². The lowest BCUT2D eigenvalue weighted by atomic mass is 10.1. The van der Waals surface area contributed by atoms with E-state index >= 15 is 0 Å². The Balaban J connectivity index is 4.19. The van der Waals surface area contributed by atoms with Crippen LogP contribution in [0.5, 0.6) is 0 Å². The molecule has 0 saturated carbocycles. The van der Waals surface area contributed by atoms with Crippen LogP contribution in [0.4, 0.5) is 0 Å². The lowest BCUT2D eigenvalue weighted by Crippen LogP contribution is -2.46. The first-order valence-corrected chi connectivity index (χ1v) is 18.7. The van der Waals surface area contributed by atoms with Crippen LogP contribution in [0.25, 0.3) is 0 Å². The van der Waals surface area contributed by atoms with Crippen molar-refractivity contribution in [3.05, 3.63) is 72.9 Å². The summed E-state index contributed by atoms with van der Waals surface area (Å²) in [6.45, 7) is 4.36. The Bertz CT molecular complexity index is 962. The number of unbranched alkanes of at least 4 members (excludes halogenated alkanes) is 11. The quantitative estimate of drug-likeness (QED) is 0.0432. The van der Waals surface area contributed by atoms with E-state index < -0.39 is 28.0 Å². The zero-order chi connectivity index (χ0) is 32.6. The molecule has 0 aromatic heterocycles. The summed E-state index contributed by atoms with van der Waals surface area (Å²) >= 11 is 0. The zero-order valence-corrected chi connectivity index (χ0v) is 28.6. The summed E-state index contributed by atoms with van der Waals surface area (Å²) in [5.41, 5.74) is 0. The highest BCUT2D eigenvalue weighted by Gasteiger charge is 2.24. The van der Waals surface area contributed by atoms with Crippen LogP contribution in [0.2, 0.25) is 0 Å². The maximum absolute atomic E-state index is 12.4. The fourth-order valence-electron chi connectivity index (χ4n) is 4.55. The monoisotopic (exact) mass is 633 g/mol. The Morgan fingerprint density at radius 2 is 1.11 bits per heavy atom. The average molecular weight is 634 g/mol. The van der Waals surface area contributed by atoms with Crippen LogP contribution in [0.3, 0.4) is 0 Å². The molecule has 0 rings (SSSR count). The summed E-state index contributed by atoms with van der Waals surface area (Å²) in [4.78, 5) is 12.4. The molecule has 0 bridgehead atoms. The van der Waals surface area contributed by atoms with Crippen LogP contribution in [-0.4, -0.2) is 41.9 Å². The third-order valence-corrected chi connectivity index (χ3v) is 7.87. The Kier molecular flexibility index (Phi) is 29.2. The molecule has 3 N–H and O–H groups in total. The molecule has 0 heterocycles. The molecule has 0 aromatic carbocycles. The first-order valence-electron chi connectivity index (χ1n) is 17.1. The molecule has 7 heteroatoms. The first-order chi connectivity index (χ1) is 21.3. The van der Waals surface area contributed by atoms with Gasteiger partial charge in [-0.25, -0.2) is 0 Å². The van der Waals surface area contributed by atoms with Gasteiger partial charge in [-0.05, 0) is 77.0 Å². The number of allylic oxidation sites excluding steroid dienone is 11. The van der Waals surface area contributed by atoms with Gasteiger partial charge < -0.3 is 10.4 Å². The number of nitrogens with one attached hydrogen (secondary N) is 1. The van der Waals surface area contributed by atoms with Crippen molar-refractivity contribution in [1.82, 2.24) is 5.32 Å². The molecule has 2 atom stereocenters. The molecule has 0 fully saturated rings. The van der Waals surface area contributed by atoms with Crippen molar-refractivity contribution in [2.45, 2.75) is 148 Å². The Labute approximate surface area is 270 Å². The van der Waals surface area contributed by atoms with Crippen molar-refractivity contribution in [2.24, 2.45) is 0 Å². The maximum Gasteiger partial charge on any atom is 0.267 e. The number of amides is 1. The van der Waals surface area contributed by atoms with Crippen molar-refractivity contribution in [1.29, 1.82) is 0 Å². The van der Waals surface area contributed by atoms with Crippen LogP contribution in [0, 0.1) is 0 Å². The Morgan fingerprint density at radius 3 is 1.70 bits per heavy atom. The molecule has 2 unspecified atom stereocenters. The van der Waals surface area contributed by atoms with Crippen molar-refractivity contribution >= 4 is 16.0 Å². The van der Waals surface area contributed by atoms with E-state index in [0.29, 0.717) is 12.8 Å². The van der Waals surface area contributed by atoms with E-state index in [1.807, 2.05) is 0 Å². The molecule has 0 aliphatic rings. The summed E-state index contributed by atoms with van der Waals surface area (Å²) < 4.78 is 32.3. The molecule has 0 aromatic rings. The van der Waals surface area contributed by atoms with Gasteiger partial charge in [0.05, 0.1) is 17.9 Å². The highest BCUT2D eigenvalue weighted by atomic mass is 32.2. The predicted molar refractivity (Wildman–Crippen MR) is 188 cm³/mol. The summed E-state index contributed by atoms with van der Waals surface area (Å²) in [6.07, 6.45) is 43.1. The largest absolute Gasteiger partial charge is 0.387 e.